The molecular weight excluding hydrogens is 457 g/mol. The SMILES string of the molecule is CNc1cc(-c2cn([C@H]3COC[C@H]3F)c3ncccc23)nc2c(C(=O)NC3COC[C@@H]3O)cnn12. The van der Waals surface area contributed by atoms with Gasteiger partial charge in [0.15, 0.2) is 5.65 Å². The third-order valence-electron chi connectivity index (χ3n) is 6.55. The van der Waals surface area contributed by atoms with Crippen LogP contribution in [0.3, 0.4) is 0 Å². The Morgan fingerprint density at radius 1 is 1.23 bits per heavy atom. The number of anilines is 1. The van der Waals surface area contributed by atoms with E-state index in [1.165, 1.54) is 6.20 Å². The van der Waals surface area contributed by atoms with Gasteiger partial charge < -0.3 is 29.8 Å². The average molecular weight is 481 g/mol. The summed E-state index contributed by atoms with van der Waals surface area (Å²) in [6, 6.07) is 4.56. The molecule has 11 nitrogen and oxygen atoms in total. The highest BCUT2D eigenvalue weighted by Crippen LogP contribution is 2.35. The number of carbonyl (C=O) groups excluding carboxylic acids is 1. The second-order valence-corrected chi connectivity index (χ2v) is 8.70. The zero-order valence-electron chi connectivity index (χ0n) is 18.9. The Kier molecular flexibility index (Phi) is 5.35. The van der Waals surface area contributed by atoms with Crippen molar-refractivity contribution in [3.05, 3.63) is 42.4 Å². The van der Waals surface area contributed by atoms with Gasteiger partial charge in [0.05, 0.1) is 56.5 Å². The number of carbonyl (C=O) groups is 1. The lowest BCUT2D eigenvalue weighted by atomic mass is 10.1. The molecule has 0 radical (unpaired) electrons. The van der Waals surface area contributed by atoms with Crippen molar-refractivity contribution in [2.45, 2.75) is 24.4 Å². The normalized spacial score (nSPS) is 24.4. The van der Waals surface area contributed by atoms with Crippen LogP contribution >= 0.6 is 0 Å². The Morgan fingerprint density at radius 3 is 2.83 bits per heavy atom. The number of fused-ring (bicyclic) bond motifs is 2. The first-order chi connectivity index (χ1) is 17.0. The molecular formula is C23H24FN7O4. The van der Waals surface area contributed by atoms with Crippen LogP contribution < -0.4 is 10.6 Å². The first kappa shape index (κ1) is 21.9. The zero-order chi connectivity index (χ0) is 24.1. The van der Waals surface area contributed by atoms with Gasteiger partial charge in [-0.3, -0.25) is 4.79 Å². The third-order valence-corrected chi connectivity index (χ3v) is 6.55. The van der Waals surface area contributed by atoms with Gasteiger partial charge >= 0.3 is 0 Å². The van der Waals surface area contributed by atoms with E-state index in [-0.39, 0.29) is 32.0 Å². The summed E-state index contributed by atoms with van der Waals surface area (Å²) in [7, 11) is 1.75. The van der Waals surface area contributed by atoms with Crippen molar-refractivity contribution in [2.75, 3.05) is 38.8 Å². The molecule has 182 valence electrons. The molecule has 35 heavy (non-hydrogen) atoms. The van der Waals surface area contributed by atoms with E-state index >= 15 is 0 Å². The van der Waals surface area contributed by atoms with E-state index in [4.69, 9.17) is 14.5 Å². The van der Waals surface area contributed by atoms with Crippen molar-refractivity contribution in [2.24, 2.45) is 0 Å². The maximum absolute atomic E-state index is 14.6. The zero-order valence-corrected chi connectivity index (χ0v) is 18.9. The molecule has 1 unspecified atom stereocenters. The van der Waals surface area contributed by atoms with E-state index < -0.39 is 30.3 Å². The van der Waals surface area contributed by atoms with E-state index in [1.807, 2.05) is 24.4 Å². The number of hydrogen-bond acceptors (Lipinski definition) is 8. The Hall–Kier alpha value is -3.61. The van der Waals surface area contributed by atoms with Crippen molar-refractivity contribution in [1.82, 2.24) is 29.5 Å². The maximum atomic E-state index is 14.6. The summed E-state index contributed by atoms with van der Waals surface area (Å²) in [6.45, 7) is 0.726. The van der Waals surface area contributed by atoms with E-state index in [2.05, 4.69) is 20.7 Å². The first-order valence-electron chi connectivity index (χ1n) is 11.4. The topological polar surface area (TPSA) is 128 Å². The number of amides is 1. The summed E-state index contributed by atoms with van der Waals surface area (Å²) in [5.41, 5.74) is 2.56. The number of alkyl halides is 1. The van der Waals surface area contributed by atoms with Crippen LogP contribution in [-0.4, -0.2) is 87.0 Å². The van der Waals surface area contributed by atoms with Gasteiger partial charge in [0.25, 0.3) is 5.91 Å². The second kappa shape index (κ2) is 8.56. The Labute approximate surface area is 198 Å². The molecule has 12 heteroatoms. The number of aliphatic hydroxyl groups is 1. The highest BCUT2D eigenvalue weighted by atomic mass is 19.1. The van der Waals surface area contributed by atoms with Gasteiger partial charge in [-0.15, -0.1) is 0 Å². The van der Waals surface area contributed by atoms with Gasteiger partial charge in [0.1, 0.15) is 23.2 Å². The molecule has 0 aliphatic carbocycles. The fourth-order valence-electron chi connectivity index (χ4n) is 4.68. The molecule has 0 aromatic carbocycles. The van der Waals surface area contributed by atoms with E-state index in [9.17, 15) is 14.3 Å². The average Bonchev–Trinajstić information content (AvgIpc) is 3.65. The lowest BCUT2D eigenvalue weighted by molar-refractivity contribution is 0.0888. The van der Waals surface area contributed by atoms with Gasteiger partial charge in [-0.1, -0.05) is 0 Å². The number of ether oxygens (including phenoxy) is 2. The maximum Gasteiger partial charge on any atom is 0.257 e. The lowest BCUT2D eigenvalue weighted by Crippen LogP contribution is -2.42. The molecule has 2 fully saturated rings. The van der Waals surface area contributed by atoms with Crippen molar-refractivity contribution >= 4 is 28.4 Å². The van der Waals surface area contributed by atoms with E-state index in [0.717, 1.165) is 10.9 Å². The fraction of sp³-hybridized carbons (Fsp3) is 0.391. The Bertz CT molecular complexity index is 1420. The predicted octanol–water partition coefficient (Wildman–Crippen LogP) is 1.19. The number of hydrogen-bond donors (Lipinski definition) is 3. The van der Waals surface area contributed by atoms with Crippen LogP contribution in [0.15, 0.2) is 36.8 Å². The van der Waals surface area contributed by atoms with Gasteiger partial charge in [-0.2, -0.15) is 9.61 Å². The van der Waals surface area contributed by atoms with Crippen LogP contribution in [0.25, 0.3) is 27.9 Å². The molecule has 2 saturated heterocycles. The molecule has 1 amide bonds. The molecule has 0 bridgehead atoms. The molecule has 0 saturated carbocycles. The minimum atomic E-state index is -1.14. The summed E-state index contributed by atoms with van der Waals surface area (Å²) in [4.78, 5) is 22.3. The van der Waals surface area contributed by atoms with Crippen molar-refractivity contribution < 1.29 is 23.8 Å². The van der Waals surface area contributed by atoms with E-state index in [1.54, 1.807) is 22.3 Å². The summed E-state index contributed by atoms with van der Waals surface area (Å²) in [6.07, 6.45) is 3.05. The van der Waals surface area contributed by atoms with Crippen LogP contribution in [0.1, 0.15) is 16.4 Å². The summed E-state index contributed by atoms with van der Waals surface area (Å²) in [5, 5.41) is 21.0. The second-order valence-electron chi connectivity index (χ2n) is 8.70. The van der Waals surface area contributed by atoms with Crippen molar-refractivity contribution in [1.29, 1.82) is 0 Å². The van der Waals surface area contributed by atoms with Crippen molar-refractivity contribution in [3.8, 4) is 11.3 Å². The molecule has 6 rings (SSSR count). The number of rotatable bonds is 5. The Morgan fingerprint density at radius 2 is 2.09 bits per heavy atom. The fourth-order valence-corrected chi connectivity index (χ4v) is 4.68. The molecule has 4 atom stereocenters. The third kappa shape index (κ3) is 3.61. The highest BCUT2D eigenvalue weighted by molar-refractivity contribution is 6.01. The lowest BCUT2D eigenvalue weighted by Gasteiger charge is -2.14. The van der Waals surface area contributed by atoms with Gasteiger partial charge in [0.2, 0.25) is 0 Å². The quantitative estimate of drug-likeness (QED) is 0.388. The largest absolute Gasteiger partial charge is 0.388 e. The van der Waals surface area contributed by atoms with Crippen LogP contribution in [-0.2, 0) is 9.47 Å². The van der Waals surface area contributed by atoms with Crippen LogP contribution in [0.4, 0.5) is 10.2 Å². The number of halogens is 1. The molecule has 4 aromatic rings. The monoisotopic (exact) mass is 481 g/mol. The molecule has 4 aromatic heterocycles. The number of aromatic nitrogens is 5. The van der Waals surface area contributed by atoms with Gasteiger partial charge in [0, 0.05) is 36.5 Å². The predicted molar refractivity (Wildman–Crippen MR) is 124 cm³/mol. The standard InChI is InChI=1S/C23H24FN7O4/c1-25-20-5-16(14-7-30(18-10-34-8-15(18)24)21-12(14)3-2-4-26-21)28-22-13(6-27-31(20)22)23(33)29-17-9-35-11-19(17)32/h2-7,15,17-19,25,32H,8-11H2,1H3,(H,29,33)/t15-,17?,18+,19+/m1/s1. The Balaban J connectivity index is 1.47. The minimum absolute atomic E-state index is 0.0512. The van der Waals surface area contributed by atoms with Gasteiger partial charge in [-0.25, -0.2) is 14.4 Å². The van der Waals surface area contributed by atoms with Crippen LogP contribution in [0.5, 0.6) is 0 Å². The number of nitrogens with zero attached hydrogens (tertiary/aromatic N) is 5. The smallest absolute Gasteiger partial charge is 0.257 e. The summed E-state index contributed by atoms with van der Waals surface area (Å²) < 4.78 is 28.5. The number of pyridine rings is 1. The highest BCUT2D eigenvalue weighted by Gasteiger charge is 2.32. The molecule has 2 aliphatic rings. The number of nitrogens with one attached hydrogen (secondary N) is 2. The molecule has 2 aliphatic heterocycles. The number of aliphatic hydroxyl groups excluding tert-OH is 1. The summed E-state index contributed by atoms with van der Waals surface area (Å²) >= 11 is 0. The minimum Gasteiger partial charge on any atom is -0.388 e. The van der Waals surface area contributed by atoms with Crippen LogP contribution in [0.2, 0.25) is 0 Å². The van der Waals surface area contributed by atoms with Crippen LogP contribution in [0, 0.1) is 0 Å². The van der Waals surface area contributed by atoms with Gasteiger partial charge in [-0.05, 0) is 12.1 Å². The molecule has 0 spiro atoms. The molecule has 3 N–H and O–H groups in total. The first-order valence-corrected chi connectivity index (χ1v) is 11.4. The molecule has 6 heterocycles. The summed E-state index contributed by atoms with van der Waals surface area (Å²) in [5.74, 6) is 0.208. The van der Waals surface area contributed by atoms with Crippen molar-refractivity contribution in [3.63, 3.8) is 0 Å². The van der Waals surface area contributed by atoms with E-state index in [0.29, 0.717) is 22.8 Å².